The second-order valence-electron chi connectivity index (χ2n) is 4.51. The van der Waals surface area contributed by atoms with E-state index in [4.69, 9.17) is 5.73 Å². The summed E-state index contributed by atoms with van der Waals surface area (Å²) in [5.74, 6) is 0.625. The van der Waals surface area contributed by atoms with Crippen molar-refractivity contribution in [2.75, 3.05) is 5.73 Å². The normalized spacial score (nSPS) is 10.8. The minimum absolute atomic E-state index is 0.625. The SMILES string of the molecule is CCCc1c(N)n[nH]c1-c1ccc(C)c(C)c1. The summed E-state index contributed by atoms with van der Waals surface area (Å²) in [6.45, 7) is 6.39. The van der Waals surface area contributed by atoms with Gasteiger partial charge in [0.2, 0.25) is 0 Å². The highest BCUT2D eigenvalue weighted by molar-refractivity contribution is 5.69. The smallest absolute Gasteiger partial charge is 0.149 e. The monoisotopic (exact) mass is 229 g/mol. The van der Waals surface area contributed by atoms with E-state index in [1.54, 1.807) is 0 Å². The van der Waals surface area contributed by atoms with Crippen LogP contribution in [-0.4, -0.2) is 10.2 Å². The summed E-state index contributed by atoms with van der Waals surface area (Å²) < 4.78 is 0. The number of anilines is 1. The van der Waals surface area contributed by atoms with E-state index in [1.807, 2.05) is 0 Å². The van der Waals surface area contributed by atoms with Crippen LogP contribution in [0.3, 0.4) is 0 Å². The van der Waals surface area contributed by atoms with Gasteiger partial charge in [0.25, 0.3) is 0 Å². The first kappa shape index (κ1) is 11.7. The molecule has 3 N–H and O–H groups in total. The maximum atomic E-state index is 5.89. The van der Waals surface area contributed by atoms with Gasteiger partial charge in [-0.05, 0) is 37.5 Å². The van der Waals surface area contributed by atoms with Crippen LogP contribution in [0.15, 0.2) is 18.2 Å². The van der Waals surface area contributed by atoms with Crippen molar-refractivity contribution in [3.05, 3.63) is 34.9 Å². The molecule has 0 aliphatic heterocycles. The zero-order valence-corrected chi connectivity index (χ0v) is 10.7. The standard InChI is InChI=1S/C14H19N3/c1-4-5-12-13(16-17-14(12)15)11-7-6-9(2)10(3)8-11/h6-8H,4-5H2,1-3H3,(H3,15,16,17). The molecule has 3 nitrogen and oxygen atoms in total. The number of aromatic nitrogens is 2. The Morgan fingerprint density at radius 3 is 2.65 bits per heavy atom. The number of hydrogen-bond donors (Lipinski definition) is 2. The highest BCUT2D eigenvalue weighted by Crippen LogP contribution is 2.27. The summed E-state index contributed by atoms with van der Waals surface area (Å²) in [6, 6.07) is 6.44. The molecule has 0 aliphatic carbocycles. The Morgan fingerprint density at radius 1 is 1.24 bits per heavy atom. The Kier molecular flexibility index (Phi) is 3.18. The lowest BCUT2D eigenvalue weighted by Crippen LogP contribution is -1.93. The zero-order chi connectivity index (χ0) is 12.4. The molecule has 0 radical (unpaired) electrons. The molecule has 0 bridgehead atoms. The Hall–Kier alpha value is -1.77. The van der Waals surface area contributed by atoms with Crippen LogP contribution in [0.25, 0.3) is 11.3 Å². The van der Waals surface area contributed by atoms with Crippen molar-refractivity contribution in [3.8, 4) is 11.3 Å². The summed E-state index contributed by atoms with van der Waals surface area (Å²) in [6.07, 6.45) is 2.03. The van der Waals surface area contributed by atoms with E-state index in [0.717, 1.165) is 24.1 Å². The van der Waals surface area contributed by atoms with E-state index in [0.29, 0.717) is 5.82 Å². The number of benzene rings is 1. The van der Waals surface area contributed by atoms with Crippen molar-refractivity contribution in [2.24, 2.45) is 0 Å². The van der Waals surface area contributed by atoms with Crippen LogP contribution in [0.1, 0.15) is 30.0 Å². The van der Waals surface area contributed by atoms with Gasteiger partial charge in [-0.1, -0.05) is 25.5 Å². The highest BCUT2D eigenvalue weighted by atomic mass is 15.2. The molecule has 2 aromatic rings. The molecular formula is C14H19N3. The molecule has 1 aromatic carbocycles. The van der Waals surface area contributed by atoms with Gasteiger partial charge in [-0.15, -0.1) is 0 Å². The Balaban J connectivity index is 2.48. The second kappa shape index (κ2) is 4.62. The van der Waals surface area contributed by atoms with E-state index in [2.05, 4.69) is 49.2 Å². The van der Waals surface area contributed by atoms with Crippen molar-refractivity contribution in [3.63, 3.8) is 0 Å². The molecule has 0 atom stereocenters. The summed E-state index contributed by atoms with van der Waals surface area (Å²) in [7, 11) is 0. The quantitative estimate of drug-likeness (QED) is 0.849. The minimum Gasteiger partial charge on any atom is -0.382 e. The fourth-order valence-electron chi connectivity index (χ4n) is 2.02. The van der Waals surface area contributed by atoms with Gasteiger partial charge in [-0.3, -0.25) is 5.10 Å². The van der Waals surface area contributed by atoms with Crippen LogP contribution >= 0.6 is 0 Å². The molecule has 2 rings (SSSR count). The van der Waals surface area contributed by atoms with Gasteiger partial charge in [0.1, 0.15) is 5.82 Å². The van der Waals surface area contributed by atoms with Crippen LogP contribution in [0.2, 0.25) is 0 Å². The summed E-state index contributed by atoms with van der Waals surface area (Å²) in [4.78, 5) is 0. The molecule has 17 heavy (non-hydrogen) atoms. The highest BCUT2D eigenvalue weighted by Gasteiger charge is 2.11. The number of aromatic amines is 1. The third-order valence-corrected chi connectivity index (χ3v) is 3.19. The lowest BCUT2D eigenvalue weighted by atomic mass is 10.0. The van der Waals surface area contributed by atoms with Crippen molar-refractivity contribution in [1.82, 2.24) is 10.2 Å². The molecule has 1 aromatic heterocycles. The Morgan fingerprint density at radius 2 is 2.00 bits per heavy atom. The minimum atomic E-state index is 0.625. The Labute approximate surface area is 102 Å². The van der Waals surface area contributed by atoms with E-state index in [1.165, 1.54) is 16.7 Å². The number of nitrogens with one attached hydrogen (secondary N) is 1. The van der Waals surface area contributed by atoms with Crippen molar-refractivity contribution >= 4 is 5.82 Å². The largest absolute Gasteiger partial charge is 0.382 e. The molecule has 0 saturated carbocycles. The van der Waals surface area contributed by atoms with Gasteiger partial charge in [0.05, 0.1) is 5.69 Å². The molecule has 0 amide bonds. The molecule has 1 heterocycles. The second-order valence-corrected chi connectivity index (χ2v) is 4.51. The lowest BCUT2D eigenvalue weighted by molar-refractivity contribution is 0.927. The topological polar surface area (TPSA) is 54.7 Å². The third kappa shape index (κ3) is 2.18. The fourth-order valence-corrected chi connectivity index (χ4v) is 2.02. The number of nitrogens with two attached hydrogens (primary N) is 1. The van der Waals surface area contributed by atoms with Crippen LogP contribution < -0.4 is 5.73 Å². The molecular weight excluding hydrogens is 210 g/mol. The van der Waals surface area contributed by atoms with Crippen LogP contribution in [0, 0.1) is 13.8 Å². The summed E-state index contributed by atoms with van der Waals surface area (Å²) in [5.41, 5.74) is 11.8. The van der Waals surface area contributed by atoms with Gasteiger partial charge < -0.3 is 5.73 Å². The molecule has 0 saturated heterocycles. The predicted octanol–water partition coefficient (Wildman–Crippen LogP) is 3.23. The zero-order valence-electron chi connectivity index (χ0n) is 10.7. The van der Waals surface area contributed by atoms with Crippen LogP contribution in [-0.2, 0) is 6.42 Å². The van der Waals surface area contributed by atoms with Crippen molar-refractivity contribution in [2.45, 2.75) is 33.6 Å². The van der Waals surface area contributed by atoms with E-state index in [9.17, 15) is 0 Å². The molecule has 0 aliphatic rings. The van der Waals surface area contributed by atoms with Gasteiger partial charge in [0, 0.05) is 11.1 Å². The van der Waals surface area contributed by atoms with Crippen LogP contribution in [0.4, 0.5) is 5.82 Å². The fraction of sp³-hybridized carbons (Fsp3) is 0.357. The van der Waals surface area contributed by atoms with Crippen molar-refractivity contribution < 1.29 is 0 Å². The number of hydrogen-bond acceptors (Lipinski definition) is 2. The average Bonchev–Trinajstić information content (AvgIpc) is 2.66. The molecule has 0 fully saturated rings. The molecule has 0 unspecified atom stereocenters. The van der Waals surface area contributed by atoms with Crippen LogP contribution in [0.5, 0.6) is 0 Å². The third-order valence-electron chi connectivity index (χ3n) is 3.19. The van der Waals surface area contributed by atoms with Gasteiger partial charge >= 0.3 is 0 Å². The Bertz CT molecular complexity index is 526. The van der Waals surface area contributed by atoms with E-state index in [-0.39, 0.29) is 0 Å². The number of H-pyrrole nitrogens is 1. The summed E-state index contributed by atoms with van der Waals surface area (Å²) in [5, 5.41) is 7.16. The van der Waals surface area contributed by atoms with Gasteiger partial charge in [0.15, 0.2) is 0 Å². The first-order chi connectivity index (χ1) is 8.13. The number of rotatable bonds is 3. The molecule has 0 spiro atoms. The summed E-state index contributed by atoms with van der Waals surface area (Å²) >= 11 is 0. The molecule has 90 valence electrons. The lowest BCUT2D eigenvalue weighted by Gasteiger charge is -2.06. The first-order valence-electron chi connectivity index (χ1n) is 6.03. The van der Waals surface area contributed by atoms with Gasteiger partial charge in [-0.2, -0.15) is 5.10 Å². The van der Waals surface area contributed by atoms with Crippen molar-refractivity contribution in [1.29, 1.82) is 0 Å². The maximum Gasteiger partial charge on any atom is 0.149 e. The number of nitrogens with zero attached hydrogens (tertiary/aromatic N) is 1. The van der Waals surface area contributed by atoms with E-state index < -0.39 is 0 Å². The number of aryl methyl sites for hydroxylation is 2. The first-order valence-corrected chi connectivity index (χ1v) is 6.03. The predicted molar refractivity (Wildman–Crippen MR) is 71.9 cm³/mol. The van der Waals surface area contributed by atoms with E-state index >= 15 is 0 Å². The molecule has 3 heteroatoms. The maximum absolute atomic E-state index is 5.89. The number of nitrogen functional groups attached to an aromatic ring is 1. The van der Waals surface area contributed by atoms with Gasteiger partial charge in [-0.25, -0.2) is 0 Å². The average molecular weight is 229 g/mol.